The number of likely N-dealkylation sites (tertiary alicyclic amines) is 1. The van der Waals surface area contributed by atoms with Gasteiger partial charge in [-0.25, -0.2) is 4.79 Å². The van der Waals surface area contributed by atoms with Gasteiger partial charge in [-0.1, -0.05) is 24.3 Å². The lowest BCUT2D eigenvalue weighted by Crippen LogP contribution is -2.40. The lowest BCUT2D eigenvalue weighted by molar-refractivity contribution is 0.0600. The number of nitrogens with one attached hydrogen (secondary N) is 3. The average Bonchev–Trinajstić information content (AvgIpc) is 2.87. The number of rotatable bonds is 7. The number of esters is 1. The van der Waals surface area contributed by atoms with Crippen molar-refractivity contribution in [3.8, 4) is 5.75 Å². The Hall–Kier alpha value is -3.49. The zero-order chi connectivity index (χ0) is 24.9. The van der Waals surface area contributed by atoms with Gasteiger partial charge in [0.2, 0.25) is 0 Å². The first kappa shape index (κ1) is 29.7. The number of ether oxygens (including phenoxy) is 2. The molecule has 10 heteroatoms. The van der Waals surface area contributed by atoms with E-state index in [1.807, 2.05) is 53.4 Å². The molecular formula is C27H33Cl2N5O3. The molecule has 1 aliphatic heterocycles. The van der Waals surface area contributed by atoms with E-state index in [4.69, 9.17) is 26.0 Å². The van der Waals surface area contributed by atoms with Gasteiger partial charge in [0.15, 0.2) is 0 Å². The second-order valence-corrected chi connectivity index (χ2v) is 8.75. The molecule has 0 atom stereocenters. The van der Waals surface area contributed by atoms with E-state index in [9.17, 15) is 4.79 Å². The van der Waals surface area contributed by atoms with Gasteiger partial charge in [-0.2, -0.15) is 0 Å². The van der Waals surface area contributed by atoms with Crippen LogP contribution in [0.25, 0.3) is 10.8 Å². The van der Waals surface area contributed by atoms with E-state index in [1.54, 1.807) is 13.0 Å². The normalized spacial score (nSPS) is 13.2. The third kappa shape index (κ3) is 7.27. The number of carbonyl (C=O) groups is 1. The van der Waals surface area contributed by atoms with Gasteiger partial charge in [0, 0.05) is 43.7 Å². The van der Waals surface area contributed by atoms with E-state index >= 15 is 0 Å². The summed E-state index contributed by atoms with van der Waals surface area (Å²) in [5.74, 6) is 0.814. The Balaban J connectivity index is 0.00000241. The van der Waals surface area contributed by atoms with Crippen molar-refractivity contribution in [3.05, 3.63) is 71.3 Å². The van der Waals surface area contributed by atoms with Gasteiger partial charge in [0.25, 0.3) is 0 Å². The Morgan fingerprint density at radius 3 is 2.38 bits per heavy atom. The SMILES string of the molecule is COC(=O)c1cc(OC2CCN(C(C)=N)CC2)ccc1NCc1ccc2ccc(C(=N)N)cc2c1.Cl.Cl. The largest absolute Gasteiger partial charge is 0.490 e. The summed E-state index contributed by atoms with van der Waals surface area (Å²) >= 11 is 0. The fraction of sp³-hybridized carbons (Fsp3) is 0.296. The molecule has 8 nitrogen and oxygen atoms in total. The summed E-state index contributed by atoms with van der Waals surface area (Å²) < 4.78 is 11.2. The Kier molecular flexibility index (Phi) is 10.6. The molecule has 0 bridgehead atoms. The molecule has 1 saturated heterocycles. The second kappa shape index (κ2) is 13.2. The predicted octanol–water partition coefficient (Wildman–Crippen LogP) is 5.21. The van der Waals surface area contributed by atoms with E-state index in [2.05, 4.69) is 5.32 Å². The van der Waals surface area contributed by atoms with Crippen molar-refractivity contribution in [2.24, 2.45) is 5.73 Å². The summed E-state index contributed by atoms with van der Waals surface area (Å²) in [7, 11) is 1.37. The van der Waals surface area contributed by atoms with Crippen LogP contribution in [0.3, 0.4) is 0 Å². The third-order valence-electron chi connectivity index (χ3n) is 6.31. The predicted molar refractivity (Wildman–Crippen MR) is 153 cm³/mol. The summed E-state index contributed by atoms with van der Waals surface area (Å²) in [4.78, 5) is 14.5. The van der Waals surface area contributed by atoms with Crippen molar-refractivity contribution < 1.29 is 14.3 Å². The van der Waals surface area contributed by atoms with Crippen LogP contribution in [-0.2, 0) is 11.3 Å². The summed E-state index contributed by atoms with van der Waals surface area (Å²) in [6.07, 6.45) is 1.71. The number of amidine groups is 2. The topological polar surface area (TPSA) is 125 Å². The minimum atomic E-state index is -0.434. The van der Waals surface area contributed by atoms with Gasteiger partial charge in [-0.15, -0.1) is 24.8 Å². The summed E-state index contributed by atoms with van der Waals surface area (Å²) in [6.45, 7) is 3.90. The van der Waals surface area contributed by atoms with Crippen LogP contribution >= 0.6 is 24.8 Å². The number of nitrogens with zero attached hydrogens (tertiary/aromatic N) is 1. The standard InChI is InChI=1S/C27H31N5O3.2ClH/c1-17(28)32-11-9-22(10-12-32)35-23-7-8-25(24(15-23)27(33)34-2)31-16-18-3-4-19-5-6-20(26(29)30)14-21(19)13-18;;/h3-8,13-15,22,28,31H,9-12,16H2,1-2H3,(H3,29,30);2*1H. The fourth-order valence-corrected chi connectivity index (χ4v) is 4.30. The maximum atomic E-state index is 12.5. The third-order valence-corrected chi connectivity index (χ3v) is 6.31. The van der Waals surface area contributed by atoms with Gasteiger partial charge < -0.3 is 25.4 Å². The zero-order valence-electron chi connectivity index (χ0n) is 20.9. The quantitative estimate of drug-likeness (QED) is 0.183. The number of piperidine rings is 1. The van der Waals surface area contributed by atoms with E-state index in [1.165, 1.54) is 7.11 Å². The minimum absolute atomic E-state index is 0. The van der Waals surface area contributed by atoms with Crippen LogP contribution in [0, 0.1) is 10.8 Å². The Morgan fingerprint density at radius 1 is 1.03 bits per heavy atom. The zero-order valence-corrected chi connectivity index (χ0v) is 22.5. The summed E-state index contributed by atoms with van der Waals surface area (Å²) in [5, 5.41) is 20.8. The number of hydrogen-bond acceptors (Lipinski definition) is 6. The van der Waals surface area contributed by atoms with Crippen molar-refractivity contribution >= 4 is 58.9 Å². The maximum absolute atomic E-state index is 12.5. The molecule has 3 aromatic rings. The molecule has 0 saturated carbocycles. The van der Waals surface area contributed by atoms with E-state index in [0.29, 0.717) is 34.9 Å². The molecule has 0 aromatic heterocycles. The first-order valence-corrected chi connectivity index (χ1v) is 11.6. The number of carbonyl (C=O) groups excluding carboxylic acids is 1. The first-order valence-electron chi connectivity index (χ1n) is 11.6. The number of anilines is 1. The Bertz CT molecular complexity index is 1280. The Morgan fingerprint density at radius 2 is 1.73 bits per heavy atom. The molecule has 3 aromatic carbocycles. The van der Waals surface area contributed by atoms with Crippen LogP contribution in [0.15, 0.2) is 54.6 Å². The number of methoxy groups -OCH3 is 1. The Labute approximate surface area is 229 Å². The lowest BCUT2D eigenvalue weighted by atomic mass is 10.0. The van der Waals surface area contributed by atoms with Crippen LogP contribution < -0.4 is 15.8 Å². The van der Waals surface area contributed by atoms with Crippen LogP contribution in [-0.4, -0.2) is 48.8 Å². The molecule has 5 N–H and O–H groups in total. The van der Waals surface area contributed by atoms with Gasteiger partial charge in [-0.05, 0) is 53.6 Å². The molecule has 1 aliphatic rings. The minimum Gasteiger partial charge on any atom is -0.490 e. The maximum Gasteiger partial charge on any atom is 0.340 e. The smallest absolute Gasteiger partial charge is 0.340 e. The molecule has 198 valence electrons. The van der Waals surface area contributed by atoms with E-state index < -0.39 is 5.97 Å². The highest BCUT2D eigenvalue weighted by molar-refractivity contribution is 5.99. The summed E-state index contributed by atoms with van der Waals surface area (Å²) in [6, 6.07) is 17.2. The van der Waals surface area contributed by atoms with Gasteiger partial charge in [0.05, 0.1) is 18.5 Å². The van der Waals surface area contributed by atoms with Crippen LogP contribution in [0.2, 0.25) is 0 Å². The van der Waals surface area contributed by atoms with Crippen molar-refractivity contribution in [1.29, 1.82) is 10.8 Å². The van der Waals surface area contributed by atoms with Crippen molar-refractivity contribution in [2.45, 2.75) is 32.4 Å². The van der Waals surface area contributed by atoms with Crippen molar-refractivity contribution in [3.63, 3.8) is 0 Å². The number of benzene rings is 3. The summed E-state index contributed by atoms with van der Waals surface area (Å²) in [5.41, 5.74) is 8.42. The average molecular weight is 546 g/mol. The van der Waals surface area contributed by atoms with Crippen LogP contribution in [0.1, 0.15) is 41.3 Å². The molecule has 0 aliphatic carbocycles. The second-order valence-electron chi connectivity index (χ2n) is 8.75. The molecule has 4 rings (SSSR count). The monoisotopic (exact) mass is 545 g/mol. The van der Waals surface area contributed by atoms with Gasteiger partial charge in [-0.3, -0.25) is 10.8 Å². The molecular weight excluding hydrogens is 513 g/mol. The molecule has 1 heterocycles. The molecule has 37 heavy (non-hydrogen) atoms. The highest BCUT2D eigenvalue weighted by Crippen LogP contribution is 2.27. The van der Waals surface area contributed by atoms with Gasteiger partial charge in [0.1, 0.15) is 17.7 Å². The molecule has 0 spiro atoms. The first-order chi connectivity index (χ1) is 16.8. The number of fused-ring (bicyclic) bond motifs is 1. The molecule has 0 radical (unpaired) electrons. The number of hydrogen-bond donors (Lipinski definition) is 4. The highest BCUT2D eigenvalue weighted by Gasteiger charge is 2.22. The van der Waals surface area contributed by atoms with Crippen molar-refractivity contribution in [2.75, 3.05) is 25.5 Å². The van der Waals surface area contributed by atoms with Crippen molar-refractivity contribution in [1.82, 2.24) is 4.90 Å². The number of nitrogen functional groups attached to an aromatic ring is 1. The molecule has 0 amide bonds. The van der Waals surface area contributed by atoms with E-state index in [0.717, 1.165) is 42.3 Å². The molecule has 0 unspecified atom stereocenters. The fourth-order valence-electron chi connectivity index (χ4n) is 4.30. The number of halogens is 2. The van der Waals surface area contributed by atoms with E-state index in [-0.39, 0.29) is 36.8 Å². The van der Waals surface area contributed by atoms with Crippen LogP contribution in [0.4, 0.5) is 5.69 Å². The van der Waals surface area contributed by atoms with Gasteiger partial charge >= 0.3 is 5.97 Å². The number of nitrogens with two attached hydrogens (primary N) is 1. The van der Waals surface area contributed by atoms with Crippen LogP contribution in [0.5, 0.6) is 5.75 Å². The highest BCUT2D eigenvalue weighted by atomic mass is 35.5. The lowest BCUT2D eigenvalue weighted by Gasteiger charge is -2.32. The molecule has 1 fully saturated rings.